The second-order valence-electron chi connectivity index (χ2n) is 4.12. The van der Waals surface area contributed by atoms with Crippen LogP contribution in [0, 0.1) is 6.92 Å². The maximum absolute atomic E-state index is 11.9. The Kier molecular flexibility index (Phi) is 3.66. The third-order valence-electron chi connectivity index (χ3n) is 2.68. The van der Waals surface area contributed by atoms with Gasteiger partial charge < -0.3 is 5.32 Å². The van der Waals surface area contributed by atoms with Crippen molar-refractivity contribution in [1.82, 2.24) is 10.3 Å². The number of aliphatic imine (C=N–C) groups is 1. The van der Waals surface area contributed by atoms with E-state index in [1.165, 1.54) is 23.1 Å². The van der Waals surface area contributed by atoms with Crippen LogP contribution in [0.5, 0.6) is 0 Å². The first-order valence-corrected chi connectivity index (χ1v) is 7.67. The van der Waals surface area contributed by atoms with E-state index in [-0.39, 0.29) is 5.91 Å². The molecule has 1 amide bonds. The molecule has 20 heavy (non-hydrogen) atoms. The summed E-state index contributed by atoms with van der Waals surface area (Å²) >= 11 is 2.87. The van der Waals surface area contributed by atoms with Crippen molar-refractivity contribution >= 4 is 45.9 Å². The predicted molar refractivity (Wildman–Crippen MR) is 84.1 cm³/mol. The third kappa shape index (κ3) is 2.81. The number of nitrogens with zero attached hydrogens (tertiary/aromatic N) is 2. The van der Waals surface area contributed by atoms with Crippen molar-refractivity contribution in [3.8, 4) is 0 Å². The topological polar surface area (TPSA) is 54.4 Å². The van der Waals surface area contributed by atoms with Crippen molar-refractivity contribution in [3.63, 3.8) is 0 Å². The SMILES string of the molecule is Cc1ncsc1C=C1SC(=Nc2ccccc2)NC1=O. The van der Waals surface area contributed by atoms with Gasteiger partial charge in [0, 0.05) is 0 Å². The monoisotopic (exact) mass is 301 g/mol. The lowest BCUT2D eigenvalue weighted by Crippen LogP contribution is -2.19. The summed E-state index contributed by atoms with van der Waals surface area (Å²) in [4.78, 5) is 22.1. The van der Waals surface area contributed by atoms with Gasteiger partial charge in [0.1, 0.15) is 0 Å². The molecule has 1 fully saturated rings. The molecule has 0 radical (unpaired) electrons. The Balaban J connectivity index is 1.84. The van der Waals surface area contributed by atoms with Crippen LogP contribution in [0.15, 0.2) is 45.7 Å². The van der Waals surface area contributed by atoms with Crippen molar-refractivity contribution in [2.45, 2.75) is 6.92 Å². The van der Waals surface area contributed by atoms with Gasteiger partial charge in [-0.15, -0.1) is 11.3 Å². The Morgan fingerprint density at radius 1 is 1.30 bits per heavy atom. The van der Waals surface area contributed by atoms with Gasteiger partial charge in [-0.1, -0.05) is 18.2 Å². The van der Waals surface area contributed by atoms with E-state index in [1.54, 1.807) is 5.51 Å². The molecule has 2 heterocycles. The van der Waals surface area contributed by atoms with E-state index in [1.807, 2.05) is 43.3 Å². The number of amidine groups is 1. The minimum atomic E-state index is -0.113. The van der Waals surface area contributed by atoms with Crippen molar-refractivity contribution in [1.29, 1.82) is 0 Å². The maximum Gasteiger partial charge on any atom is 0.264 e. The van der Waals surface area contributed by atoms with E-state index in [9.17, 15) is 4.79 Å². The number of aromatic nitrogens is 1. The predicted octanol–water partition coefficient (Wildman–Crippen LogP) is 3.34. The molecule has 0 aliphatic carbocycles. The van der Waals surface area contributed by atoms with Crippen LogP contribution < -0.4 is 5.32 Å². The van der Waals surface area contributed by atoms with Gasteiger partial charge in [0.05, 0.1) is 26.7 Å². The zero-order chi connectivity index (χ0) is 13.9. The molecular weight excluding hydrogens is 290 g/mol. The smallest absolute Gasteiger partial charge is 0.264 e. The number of thioether (sulfide) groups is 1. The summed E-state index contributed by atoms with van der Waals surface area (Å²) < 4.78 is 0. The average molecular weight is 301 g/mol. The lowest BCUT2D eigenvalue weighted by atomic mass is 10.3. The van der Waals surface area contributed by atoms with Crippen LogP contribution >= 0.6 is 23.1 Å². The van der Waals surface area contributed by atoms with Crippen LogP contribution in [0.25, 0.3) is 6.08 Å². The van der Waals surface area contributed by atoms with E-state index in [4.69, 9.17) is 0 Å². The third-order valence-corrected chi connectivity index (χ3v) is 4.47. The number of rotatable bonds is 2. The number of carbonyl (C=O) groups is 1. The van der Waals surface area contributed by atoms with E-state index in [0.29, 0.717) is 10.1 Å². The van der Waals surface area contributed by atoms with E-state index in [2.05, 4.69) is 15.3 Å². The minimum Gasteiger partial charge on any atom is -0.300 e. The highest BCUT2D eigenvalue weighted by atomic mass is 32.2. The maximum atomic E-state index is 11.9. The average Bonchev–Trinajstić information content (AvgIpc) is 2.99. The van der Waals surface area contributed by atoms with Crippen LogP contribution in [0.1, 0.15) is 10.6 Å². The fourth-order valence-corrected chi connectivity index (χ4v) is 3.30. The lowest BCUT2D eigenvalue weighted by Gasteiger charge is -1.94. The first kappa shape index (κ1) is 13.1. The Morgan fingerprint density at radius 3 is 2.80 bits per heavy atom. The number of carbonyl (C=O) groups excluding carboxylic acids is 1. The zero-order valence-electron chi connectivity index (χ0n) is 10.7. The Morgan fingerprint density at radius 2 is 2.10 bits per heavy atom. The highest BCUT2D eigenvalue weighted by Gasteiger charge is 2.24. The fourth-order valence-electron chi connectivity index (χ4n) is 1.67. The number of nitrogens with one attached hydrogen (secondary N) is 1. The molecule has 1 aliphatic rings. The largest absolute Gasteiger partial charge is 0.300 e. The second-order valence-corrected chi connectivity index (χ2v) is 6.04. The van der Waals surface area contributed by atoms with Crippen molar-refractivity contribution in [3.05, 3.63) is 51.3 Å². The summed E-state index contributed by atoms with van der Waals surface area (Å²) in [7, 11) is 0. The highest BCUT2D eigenvalue weighted by Crippen LogP contribution is 2.29. The Labute approximate surface area is 124 Å². The second kappa shape index (κ2) is 5.60. The molecule has 0 spiro atoms. The van der Waals surface area contributed by atoms with Gasteiger partial charge in [0.2, 0.25) is 0 Å². The quantitative estimate of drug-likeness (QED) is 0.866. The summed E-state index contributed by atoms with van der Waals surface area (Å²) in [5.74, 6) is -0.113. The van der Waals surface area contributed by atoms with Gasteiger partial charge in [0.25, 0.3) is 5.91 Å². The van der Waals surface area contributed by atoms with Gasteiger partial charge in [0.15, 0.2) is 5.17 Å². The Bertz CT molecular complexity index is 704. The highest BCUT2D eigenvalue weighted by molar-refractivity contribution is 8.18. The molecule has 3 rings (SSSR count). The van der Waals surface area contributed by atoms with Crippen LogP contribution in [-0.2, 0) is 4.79 Å². The van der Waals surface area contributed by atoms with Gasteiger partial charge >= 0.3 is 0 Å². The van der Waals surface area contributed by atoms with E-state index >= 15 is 0 Å². The number of amides is 1. The molecule has 1 aromatic heterocycles. The summed E-state index contributed by atoms with van der Waals surface area (Å²) in [6.45, 7) is 1.93. The van der Waals surface area contributed by atoms with Gasteiger partial charge in [-0.3, -0.25) is 4.79 Å². The number of thiazole rings is 1. The van der Waals surface area contributed by atoms with Gasteiger partial charge in [-0.2, -0.15) is 0 Å². The molecule has 4 nitrogen and oxygen atoms in total. The summed E-state index contributed by atoms with van der Waals surface area (Å²) in [5, 5.41) is 3.38. The molecule has 1 aromatic carbocycles. The van der Waals surface area contributed by atoms with E-state index in [0.717, 1.165) is 16.3 Å². The van der Waals surface area contributed by atoms with Crippen LogP contribution in [0.3, 0.4) is 0 Å². The summed E-state index contributed by atoms with van der Waals surface area (Å²) in [6, 6.07) is 9.56. The molecule has 0 bridgehead atoms. The first-order chi connectivity index (χ1) is 9.72. The molecule has 1 N–H and O–H groups in total. The van der Waals surface area contributed by atoms with Crippen molar-refractivity contribution < 1.29 is 4.79 Å². The molecule has 0 atom stereocenters. The lowest BCUT2D eigenvalue weighted by molar-refractivity contribution is -0.115. The number of aryl methyl sites for hydroxylation is 1. The molecule has 1 saturated heterocycles. The molecule has 0 saturated carbocycles. The Hall–Kier alpha value is -1.92. The van der Waals surface area contributed by atoms with Crippen LogP contribution in [0.2, 0.25) is 0 Å². The van der Waals surface area contributed by atoms with Gasteiger partial charge in [-0.25, -0.2) is 9.98 Å². The molecule has 2 aromatic rings. The van der Waals surface area contributed by atoms with Crippen molar-refractivity contribution in [2.75, 3.05) is 0 Å². The minimum absolute atomic E-state index is 0.113. The summed E-state index contributed by atoms with van der Waals surface area (Å²) in [6.07, 6.45) is 1.86. The normalized spacial score (nSPS) is 18.8. The van der Waals surface area contributed by atoms with Crippen LogP contribution in [0.4, 0.5) is 5.69 Å². The number of hydrogen-bond donors (Lipinski definition) is 1. The van der Waals surface area contributed by atoms with E-state index < -0.39 is 0 Å². The summed E-state index contributed by atoms with van der Waals surface area (Å²) in [5.41, 5.74) is 3.54. The molecule has 1 aliphatic heterocycles. The molecule has 100 valence electrons. The number of hydrogen-bond acceptors (Lipinski definition) is 5. The standard InChI is InChI=1S/C14H11N3OS2/c1-9-11(19-8-15-9)7-12-13(18)17-14(20-12)16-10-5-3-2-4-6-10/h2-8H,1H3,(H,16,17,18). The zero-order valence-corrected chi connectivity index (χ0v) is 12.3. The first-order valence-electron chi connectivity index (χ1n) is 5.97. The van der Waals surface area contributed by atoms with Crippen LogP contribution in [-0.4, -0.2) is 16.1 Å². The molecule has 0 unspecified atom stereocenters. The number of benzene rings is 1. The molecular formula is C14H11N3OS2. The number of para-hydroxylation sites is 1. The fraction of sp³-hybridized carbons (Fsp3) is 0.0714. The molecule has 6 heteroatoms. The van der Waals surface area contributed by atoms with Crippen molar-refractivity contribution in [2.24, 2.45) is 4.99 Å². The van der Waals surface area contributed by atoms with Gasteiger partial charge in [-0.05, 0) is 36.9 Å².